The van der Waals surface area contributed by atoms with Crippen LogP contribution in [0.1, 0.15) is 24.8 Å². The van der Waals surface area contributed by atoms with Crippen LogP contribution < -0.4 is 10.1 Å². The van der Waals surface area contributed by atoms with Crippen LogP contribution in [-0.4, -0.2) is 32.4 Å². The normalized spacial score (nSPS) is 10.5. The molecule has 1 aromatic heterocycles. The molecular formula is C13H22N2O2. The van der Waals surface area contributed by atoms with Gasteiger partial charge in [-0.25, -0.2) is 4.98 Å². The molecule has 0 amide bonds. The standard InChI is InChI=1S/C13H22N2O2/c1-16-9-5-3-4-8-14-10-12-6-7-13(17-2)15-11-12/h6-7,11,14H,3-5,8-10H2,1-2H3. The Morgan fingerprint density at radius 3 is 2.71 bits per heavy atom. The minimum atomic E-state index is 0.660. The van der Waals surface area contributed by atoms with Crippen LogP contribution in [0, 0.1) is 0 Å². The Morgan fingerprint density at radius 1 is 1.18 bits per heavy atom. The third-order valence-corrected chi connectivity index (χ3v) is 2.54. The van der Waals surface area contributed by atoms with E-state index in [2.05, 4.69) is 10.3 Å². The molecule has 0 radical (unpaired) electrons. The first-order valence-corrected chi connectivity index (χ1v) is 6.05. The summed E-state index contributed by atoms with van der Waals surface area (Å²) in [5, 5.41) is 3.39. The molecule has 0 aliphatic carbocycles. The van der Waals surface area contributed by atoms with Gasteiger partial charge in [0.1, 0.15) is 0 Å². The van der Waals surface area contributed by atoms with Gasteiger partial charge in [0.05, 0.1) is 7.11 Å². The van der Waals surface area contributed by atoms with Crippen LogP contribution >= 0.6 is 0 Å². The number of rotatable bonds is 9. The zero-order chi connectivity index (χ0) is 12.3. The van der Waals surface area contributed by atoms with Crippen molar-refractivity contribution in [2.45, 2.75) is 25.8 Å². The van der Waals surface area contributed by atoms with Crippen molar-refractivity contribution < 1.29 is 9.47 Å². The Balaban J connectivity index is 2.05. The zero-order valence-corrected chi connectivity index (χ0v) is 10.7. The van der Waals surface area contributed by atoms with Crippen LogP contribution in [0.3, 0.4) is 0 Å². The van der Waals surface area contributed by atoms with Gasteiger partial charge in [-0.3, -0.25) is 0 Å². The molecule has 0 aromatic carbocycles. The number of pyridine rings is 1. The Hall–Kier alpha value is -1.13. The molecule has 4 heteroatoms. The van der Waals surface area contributed by atoms with E-state index in [-0.39, 0.29) is 0 Å². The molecule has 0 bridgehead atoms. The smallest absolute Gasteiger partial charge is 0.212 e. The van der Waals surface area contributed by atoms with Gasteiger partial charge in [-0.2, -0.15) is 0 Å². The molecule has 0 atom stereocenters. The lowest BCUT2D eigenvalue weighted by Crippen LogP contribution is -2.14. The van der Waals surface area contributed by atoms with E-state index in [9.17, 15) is 0 Å². The molecule has 1 heterocycles. The fraction of sp³-hybridized carbons (Fsp3) is 0.615. The van der Waals surface area contributed by atoms with Crippen molar-refractivity contribution in [1.29, 1.82) is 0 Å². The summed E-state index contributed by atoms with van der Waals surface area (Å²) < 4.78 is 10.0. The van der Waals surface area contributed by atoms with Gasteiger partial charge < -0.3 is 14.8 Å². The highest BCUT2D eigenvalue weighted by Gasteiger charge is 1.95. The number of methoxy groups -OCH3 is 2. The Morgan fingerprint density at radius 2 is 2.06 bits per heavy atom. The molecule has 1 N–H and O–H groups in total. The second-order valence-electron chi connectivity index (χ2n) is 3.94. The average Bonchev–Trinajstić information content (AvgIpc) is 2.38. The van der Waals surface area contributed by atoms with Crippen molar-refractivity contribution in [3.8, 4) is 5.88 Å². The predicted octanol–water partition coefficient (Wildman–Crippen LogP) is 2.00. The van der Waals surface area contributed by atoms with E-state index in [0.29, 0.717) is 5.88 Å². The molecular weight excluding hydrogens is 216 g/mol. The van der Waals surface area contributed by atoms with Crippen molar-refractivity contribution in [3.63, 3.8) is 0 Å². The van der Waals surface area contributed by atoms with Crippen molar-refractivity contribution in [2.75, 3.05) is 27.4 Å². The summed E-state index contributed by atoms with van der Waals surface area (Å²) in [5.74, 6) is 0.660. The molecule has 1 rings (SSSR count). The maximum Gasteiger partial charge on any atom is 0.212 e. The molecule has 4 nitrogen and oxygen atoms in total. The van der Waals surface area contributed by atoms with Gasteiger partial charge in [0, 0.05) is 32.5 Å². The van der Waals surface area contributed by atoms with Gasteiger partial charge in [0.2, 0.25) is 5.88 Å². The van der Waals surface area contributed by atoms with Gasteiger partial charge >= 0.3 is 0 Å². The largest absolute Gasteiger partial charge is 0.481 e. The molecule has 96 valence electrons. The van der Waals surface area contributed by atoms with Crippen LogP contribution in [0.2, 0.25) is 0 Å². The first kappa shape index (κ1) is 13.9. The van der Waals surface area contributed by atoms with E-state index in [0.717, 1.165) is 26.1 Å². The average molecular weight is 238 g/mol. The molecule has 1 aromatic rings. The summed E-state index contributed by atoms with van der Waals surface area (Å²) in [5.41, 5.74) is 1.18. The quantitative estimate of drug-likeness (QED) is 0.668. The van der Waals surface area contributed by atoms with E-state index in [4.69, 9.17) is 9.47 Å². The summed E-state index contributed by atoms with van der Waals surface area (Å²) in [6.07, 6.45) is 5.38. The second-order valence-corrected chi connectivity index (χ2v) is 3.94. The highest BCUT2D eigenvalue weighted by molar-refractivity contribution is 5.17. The zero-order valence-electron chi connectivity index (χ0n) is 10.7. The van der Waals surface area contributed by atoms with Gasteiger partial charge in [-0.15, -0.1) is 0 Å². The third kappa shape index (κ3) is 6.24. The Bertz CT molecular complexity index is 288. The molecule has 0 aliphatic heterocycles. The van der Waals surface area contributed by atoms with Crippen molar-refractivity contribution in [1.82, 2.24) is 10.3 Å². The molecule has 0 unspecified atom stereocenters. The number of ether oxygens (including phenoxy) is 2. The number of nitrogens with one attached hydrogen (secondary N) is 1. The number of unbranched alkanes of at least 4 members (excludes halogenated alkanes) is 2. The van der Waals surface area contributed by atoms with Gasteiger partial charge in [-0.1, -0.05) is 6.07 Å². The minimum Gasteiger partial charge on any atom is -0.481 e. The molecule has 0 spiro atoms. The van der Waals surface area contributed by atoms with Gasteiger partial charge in [0.25, 0.3) is 0 Å². The second kappa shape index (κ2) is 8.96. The van der Waals surface area contributed by atoms with Crippen molar-refractivity contribution in [3.05, 3.63) is 23.9 Å². The van der Waals surface area contributed by atoms with Crippen LogP contribution in [0.25, 0.3) is 0 Å². The van der Waals surface area contributed by atoms with Crippen LogP contribution in [0.15, 0.2) is 18.3 Å². The fourth-order valence-corrected chi connectivity index (χ4v) is 1.54. The van der Waals surface area contributed by atoms with E-state index in [1.165, 1.54) is 18.4 Å². The summed E-state index contributed by atoms with van der Waals surface area (Å²) in [7, 11) is 3.37. The van der Waals surface area contributed by atoms with Crippen LogP contribution in [0.4, 0.5) is 0 Å². The minimum absolute atomic E-state index is 0.660. The summed E-state index contributed by atoms with van der Waals surface area (Å²) in [4.78, 5) is 4.16. The lowest BCUT2D eigenvalue weighted by Gasteiger charge is -2.05. The Labute approximate surface area is 103 Å². The van der Waals surface area contributed by atoms with E-state index in [1.807, 2.05) is 18.3 Å². The van der Waals surface area contributed by atoms with Crippen molar-refractivity contribution >= 4 is 0 Å². The van der Waals surface area contributed by atoms with E-state index < -0.39 is 0 Å². The highest BCUT2D eigenvalue weighted by atomic mass is 16.5. The monoisotopic (exact) mass is 238 g/mol. The first-order chi connectivity index (χ1) is 8.36. The fourth-order valence-electron chi connectivity index (χ4n) is 1.54. The molecule has 17 heavy (non-hydrogen) atoms. The van der Waals surface area contributed by atoms with E-state index >= 15 is 0 Å². The topological polar surface area (TPSA) is 43.4 Å². The first-order valence-electron chi connectivity index (χ1n) is 6.05. The molecule has 0 saturated carbocycles. The number of hydrogen-bond donors (Lipinski definition) is 1. The Kier molecular flexibility index (Phi) is 7.34. The lowest BCUT2D eigenvalue weighted by molar-refractivity contribution is 0.192. The SMILES string of the molecule is COCCCCCNCc1ccc(OC)nc1. The summed E-state index contributed by atoms with van der Waals surface area (Å²) in [6, 6.07) is 3.92. The summed E-state index contributed by atoms with van der Waals surface area (Å²) >= 11 is 0. The van der Waals surface area contributed by atoms with E-state index in [1.54, 1.807) is 14.2 Å². The number of aromatic nitrogens is 1. The van der Waals surface area contributed by atoms with Crippen LogP contribution in [-0.2, 0) is 11.3 Å². The molecule has 0 fully saturated rings. The number of nitrogens with zero attached hydrogens (tertiary/aromatic N) is 1. The van der Waals surface area contributed by atoms with Crippen molar-refractivity contribution in [2.24, 2.45) is 0 Å². The van der Waals surface area contributed by atoms with Gasteiger partial charge in [0.15, 0.2) is 0 Å². The highest BCUT2D eigenvalue weighted by Crippen LogP contribution is 2.06. The van der Waals surface area contributed by atoms with Gasteiger partial charge in [-0.05, 0) is 31.4 Å². The third-order valence-electron chi connectivity index (χ3n) is 2.54. The maximum absolute atomic E-state index is 5.01. The predicted molar refractivity (Wildman–Crippen MR) is 68.2 cm³/mol. The maximum atomic E-state index is 5.01. The van der Waals surface area contributed by atoms with Crippen LogP contribution in [0.5, 0.6) is 5.88 Å². The number of hydrogen-bond acceptors (Lipinski definition) is 4. The molecule has 0 aliphatic rings. The summed E-state index contributed by atoms with van der Waals surface area (Å²) in [6.45, 7) is 2.76. The lowest BCUT2D eigenvalue weighted by atomic mass is 10.2. The molecule has 0 saturated heterocycles.